The SMILES string of the molecule is CCn1c(C)cc(C(=O)N[C@@H]2CCc3nc(C)cn3C2)c1C. The third-order valence-corrected chi connectivity index (χ3v) is 4.58. The minimum Gasteiger partial charge on any atom is -0.349 e. The molecule has 0 aromatic carbocycles. The molecule has 1 aliphatic heterocycles. The Morgan fingerprint density at radius 3 is 2.86 bits per heavy atom. The van der Waals surface area contributed by atoms with Crippen molar-refractivity contribution < 1.29 is 4.79 Å². The predicted molar refractivity (Wildman–Crippen MR) is 86.1 cm³/mol. The number of nitrogens with zero attached hydrogens (tertiary/aromatic N) is 3. The molecule has 1 atom stereocenters. The van der Waals surface area contributed by atoms with E-state index in [-0.39, 0.29) is 11.9 Å². The highest BCUT2D eigenvalue weighted by Gasteiger charge is 2.23. The molecule has 5 nitrogen and oxygen atoms in total. The van der Waals surface area contributed by atoms with Crippen LogP contribution in [0.15, 0.2) is 12.3 Å². The summed E-state index contributed by atoms with van der Waals surface area (Å²) in [7, 11) is 0. The van der Waals surface area contributed by atoms with E-state index in [2.05, 4.69) is 39.5 Å². The van der Waals surface area contributed by atoms with Crippen molar-refractivity contribution in [1.29, 1.82) is 0 Å². The van der Waals surface area contributed by atoms with Crippen LogP contribution in [-0.2, 0) is 19.5 Å². The standard InChI is InChI=1S/C17H24N4O/c1-5-21-12(3)8-15(13(21)4)17(22)19-14-6-7-16-18-11(2)9-20(16)10-14/h8-9,14H,5-7,10H2,1-4H3,(H,19,22)/t14-/m1/s1. The van der Waals surface area contributed by atoms with E-state index in [4.69, 9.17) is 0 Å². The van der Waals surface area contributed by atoms with Gasteiger partial charge in [0.2, 0.25) is 0 Å². The molecule has 1 amide bonds. The maximum Gasteiger partial charge on any atom is 0.253 e. The Labute approximate surface area is 131 Å². The van der Waals surface area contributed by atoms with Gasteiger partial charge in [0.25, 0.3) is 5.91 Å². The lowest BCUT2D eigenvalue weighted by molar-refractivity contribution is 0.0927. The van der Waals surface area contributed by atoms with E-state index in [1.807, 2.05) is 19.9 Å². The number of imidazole rings is 1. The average molecular weight is 300 g/mol. The molecule has 118 valence electrons. The topological polar surface area (TPSA) is 51.9 Å². The number of nitrogens with one attached hydrogen (secondary N) is 1. The van der Waals surface area contributed by atoms with Crippen LogP contribution in [0.25, 0.3) is 0 Å². The molecular weight excluding hydrogens is 276 g/mol. The highest BCUT2D eigenvalue weighted by atomic mass is 16.1. The van der Waals surface area contributed by atoms with Gasteiger partial charge in [-0.3, -0.25) is 4.79 Å². The Kier molecular flexibility index (Phi) is 3.81. The van der Waals surface area contributed by atoms with Crippen molar-refractivity contribution in [1.82, 2.24) is 19.4 Å². The lowest BCUT2D eigenvalue weighted by Gasteiger charge is -2.24. The van der Waals surface area contributed by atoms with Gasteiger partial charge in [0.05, 0.1) is 11.3 Å². The molecule has 2 aromatic rings. The van der Waals surface area contributed by atoms with E-state index in [9.17, 15) is 4.79 Å². The Bertz CT molecular complexity index is 711. The van der Waals surface area contributed by atoms with Crippen LogP contribution in [0, 0.1) is 20.8 Å². The number of fused-ring (bicyclic) bond motifs is 1. The molecule has 0 saturated carbocycles. The minimum atomic E-state index is 0.0399. The molecule has 1 N–H and O–H groups in total. The summed E-state index contributed by atoms with van der Waals surface area (Å²) in [5.74, 6) is 1.17. The fraction of sp³-hybridized carbons (Fsp3) is 0.529. The highest BCUT2D eigenvalue weighted by molar-refractivity contribution is 5.95. The van der Waals surface area contributed by atoms with Crippen LogP contribution in [0.5, 0.6) is 0 Å². The second kappa shape index (κ2) is 5.63. The highest BCUT2D eigenvalue weighted by Crippen LogP contribution is 2.18. The summed E-state index contributed by atoms with van der Waals surface area (Å²) < 4.78 is 4.34. The first-order chi connectivity index (χ1) is 10.5. The Morgan fingerprint density at radius 1 is 1.41 bits per heavy atom. The minimum absolute atomic E-state index is 0.0399. The molecule has 0 spiro atoms. The number of hydrogen-bond acceptors (Lipinski definition) is 2. The Balaban J connectivity index is 1.73. The van der Waals surface area contributed by atoms with E-state index >= 15 is 0 Å². The van der Waals surface area contributed by atoms with Crippen molar-refractivity contribution >= 4 is 5.91 Å². The van der Waals surface area contributed by atoms with Gasteiger partial charge < -0.3 is 14.5 Å². The summed E-state index contributed by atoms with van der Waals surface area (Å²) in [6.07, 6.45) is 3.94. The smallest absolute Gasteiger partial charge is 0.253 e. The van der Waals surface area contributed by atoms with Gasteiger partial charge in [0, 0.05) is 43.1 Å². The van der Waals surface area contributed by atoms with Crippen LogP contribution in [0.2, 0.25) is 0 Å². The molecule has 3 heterocycles. The van der Waals surface area contributed by atoms with E-state index in [0.717, 1.165) is 54.4 Å². The van der Waals surface area contributed by atoms with Gasteiger partial charge in [-0.1, -0.05) is 0 Å². The zero-order valence-corrected chi connectivity index (χ0v) is 13.8. The largest absolute Gasteiger partial charge is 0.349 e. The second-order valence-electron chi connectivity index (χ2n) is 6.19. The first kappa shape index (κ1) is 14.9. The van der Waals surface area contributed by atoms with Crippen molar-refractivity contribution in [3.63, 3.8) is 0 Å². The van der Waals surface area contributed by atoms with Crippen molar-refractivity contribution in [2.45, 2.75) is 59.7 Å². The number of aryl methyl sites for hydroxylation is 3. The van der Waals surface area contributed by atoms with Gasteiger partial charge in [0.1, 0.15) is 5.82 Å². The van der Waals surface area contributed by atoms with Crippen molar-refractivity contribution in [3.8, 4) is 0 Å². The van der Waals surface area contributed by atoms with Crippen LogP contribution in [0.3, 0.4) is 0 Å². The van der Waals surface area contributed by atoms with Gasteiger partial charge in [-0.05, 0) is 40.2 Å². The molecule has 0 radical (unpaired) electrons. The monoisotopic (exact) mass is 300 g/mol. The van der Waals surface area contributed by atoms with E-state index in [1.165, 1.54) is 0 Å². The average Bonchev–Trinajstić information content (AvgIpc) is 2.97. The molecule has 0 bridgehead atoms. The van der Waals surface area contributed by atoms with Crippen LogP contribution in [-0.4, -0.2) is 26.1 Å². The van der Waals surface area contributed by atoms with E-state index < -0.39 is 0 Å². The van der Waals surface area contributed by atoms with Gasteiger partial charge >= 0.3 is 0 Å². The van der Waals surface area contributed by atoms with Gasteiger partial charge in [0.15, 0.2) is 0 Å². The molecule has 0 fully saturated rings. The maximum absolute atomic E-state index is 12.6. The van der Waals surface area contributed by atoms with Crippen molar-refractivity contribution in [3.05, 3.63) is 40.7 Å². The summed E-state index contributed by atoms with van der Waals surface area (Å²) in [4.78, 5) is 17.1. The number of amides is 1. The van der Waals surface area contributed by atoms with Crippen molar-refractivity contribution in [2.75, 3.05) is 0 Å². The molecule has 0 saturated heterocycles. The first-order valence-electron chi connectivity index (χ1n) is 7.99. The summed E-state index contributed by atoms with van der Waals surface area (Å²) >= 11 is 0. The maximum atomic E-state index is 12.6. The number of aromatic nitrogens is 3. The van der Waals surface area contributed by atoms with Crippen LogP contribution in [0.4, 0.5) is 0 Å². The van der Waals surface area contributed by atoms with Gasteiger partial charge in [-0.25, -0.2) is 4.98 Å². The summed E-state index contributed by atoms with van der Waals surface area (Å²) in [6, 6.07) is 2.17. The van der Waals surface area contributed by atoms with Crippen LogP contribution in [0.1, 0.15) is 46.6 Å². The number of hydrogen-bond donors (Lipinski definition) is 1. The van der Waals surface area contributed by atoms with Crippen LogP contribution < -0.4 is 5.32 Å². The van der Waals surface area contributed by atoms with Gasteiger partial charge in [-0.15, -0.1) is 0 Å². The second-order valence-corrected chi connectivity index (χ2v) is 6.19. The quantitative estimate of drug-likeness (QED) is 0.946. The first-order valence-corrected chi connectivity index (χ1v) is 7.99. The molecule has 2 aromatic heterocycles. The number of rotatable bonds is 3. The summed E-state index contributed by atoms with van der Waals surface area (Å²) in [5.41, 5.74) is 4.04. The fourth-order valence-electron chi connectivity index (χ4n) is 3.48. The summed E-state index contributed by atoms with van der Waals surface area (Å²) in [5, 5.41) is 3.19. The van der Waals surface area contributed by atoms with E-state index in [1.54, 1.807) is 0 Å². The lowest BCUT2D eigenvalue weighted by atomic mass is 10.1. The molecule has 1 aliphatic rings. The predicted octanol–water partition coefficient (Wildman–Crippen LogP) is 2.37. The summed E-state index contributed by atoms with van der Waals surface area (Å²) in [6.45, 7) is 9.89. The molecule has 3 rings (SSSR count). The molecule has 0 aliphatic carbocycles. The number of carbonyl (C=O) groups is 1. The molecule has 0 unspecified atom stereocenters. The lowest BCUT2D eigenvalue weighted by Crippen LogP contribution is -2.41. The fourth-order valence-corrected chi connectivity index (χ4v) is 3.48. The van der Waals surface area contributed by atoms with Gasteiger partial charge in [-0.2, -0.15) is 0 Å². The zero-order chi connectivity index (χ0) is 15.9. The van der Waals surface area contributed by atoms with Crippen LogP contribution >= 0.6 is 0 Å². The Morgan fingerprint density at radius 2 is 2.18 bits per heavy atom. The van der Waals surface area contributed by atoms with E-state index in [0.29, 0.717) is 0 Å². The zero-order valence-electron chi connectivity index (χ0n) is 13.8. The third-order valence-electron chi connectivity index (χ3n) is 4.58. The third kappa shape index (κ3) is 2.56. The normalized spacial score (nSPS) is 17.4. The molecule has 5 heteroatoms. The Hall–Kier alpha value is -2.04. The molecule has 22 heavy (non-hydrogen) atoms. The number of carbonyl (C=O) groups excluding carboxylic acids is 1. The van der Waals surface area contributed by atoms with Crippen molar-refractivity contribution in [2.24, 2.45) is 0 Å². The molecular formula is C17H24N4O.